The zero-order chi connectivity index (χ0) is 22.3. The van der Waals surface area contributed by atoms with Gasteiger partial charge in [-0.15, -0.1) is 0 Å². The first-order valence-corrected chi connectivity index (χ1v) is 11.0. The monoisotopic (exact) mass is 456 g/mol. The Labute approximate surface area is 179 Å². The van der Waals surface area contributed by atoms with Crippen molar-refractivity contribution < 1.29 is 27.1 Å². The Hall–Kier alpha value is -2.49. The molecule has 0 spiro atoms. The lowest BCUT2D eigenvalue weighted by Gasteiger charge is -2.19. The van der Waals surface area contributed by atoms with E-state index in [1.807, 2.05) is 0 Å². The molecule has 0 aromatic heterocycles. The van der Waals surface area contributed by atoms with Crippen molar-refractivity contribution in [3.8, 4) is 0 Å². The van der Waals surface area contributed by atoms with Gasteiger partial charge in [0.05, 0.1) is 15.5 Å². The number of benzene rings is 2. The predicted octanol–water partition coefficient (Wildman–Crippen LogP) is 2.98. The standard InChI is InChI=1S/C20H22ClFN2O5S/c1-3-24(4-2)30(27,28)16-9-10-18(21)17(11-16)20(26)29-13-19(25)23-12-14-5-7-15(22)8-6-14/h5-11H,3-4,12-13H2,1-2H3,(H,23,25). The number of carbonyl (C=O) groups excluding carboxylic acids is 2. The summed E-state index contributed by atoms with van der Waals surface area (Å²) in [7, 11) is -3.79. The quantitative estimate of drug-likeness (QED) is 0.585. The molecule has 0 atom stereocenters. The van der Waals surface area contributed by atoms with Crippen LogP contribution in [0.3, 0.4) is 0 Å². The highest BCUT2D eigenvalue weighted by Gasteiger charge is 2.24. The lowest BCUT2D eigenvalue weighted by atomic mass is 10.2. The van der Waals surface area contributed by atoms with Gasteiger partial charge >= 0.3 is 5.97 Å². The molecule has 0 radical (unpaired) electrons. The summed E-state index contributed by atoms with van der Waals surface area (Å²) < 4.78 is 44.3. The molecule has 30 heavy (non-hydrogen) atoms. The minimum absolute atomic E-state index is 0.00483. The third-order valence-corrected chi connectivity index (χ3v) is 6.61. The van der Waals surface area contributed by atoms with Crippen LogP contribution in [0, 0.1) is 5.82 Å². The molecular formula is C20H22ClFN2O5S. The largest absolute Gasteiger partial charge is 0.452 e. The van der Waals surface area contributed by atoms with E-state index in [0.29, 0.717) is 5.56 Å². The Kier molecular flexibility index (Phi) is 8.33. The molecule has 7 nitrogen and oxygen atoms in total. The van der Waals surface area contributed by atoms with Gasteiger partial charge in [-0.2, -0.15) is 4.31 Å². The topological polar surface area (TPSA) is 92.8 Å². The van der Waals surface area contributed by atoms with Gasteiger partial charge in [0, 0.05) is 19.6 Å². The van der Waals surface area contributed by atoms with Crippen molar-refractivity contribution in [3.05, 3.63) is 64.4 Å². The molecule has 0 aliphatic heterocycles. The lowest BCUT2D eigenvalue weighted by molar-refractivity contribution is -0.124. The van der Waals surface area contributed by atoms with E-state index in [0.717, 1.165) is 6.07 Å². The molecule has 1 amide bonds. The molecule has 10 heteroatoms. The van der Waals surface area contributed by atoms with Crippen LogP contribution in [0.1, 0.15) is 29.8 Å². The van der Waals surface area contributed by atoms with E-state index < -0.39 is 28.5 Å². The fraction of sp³-hybridized carbons (Fsp3) is 0.300. The van der Waals surface area contributed by atoms with Crippen LogP contribution in [0.5, 0.6) is 0 Å². The molecule has 0 heterocycles. The first-order valence-electron chi connectivity index (χ1n) is 9.17. The minimum Gasteiger partial charge on any atom is -0.452 e. The van der Waals surface area contributed by atoms with Crippen molar-refractivity contribution in [1.29, 1.82) is 0 Å². The molecular weight excluding hydrogens is 435 g/mol. The Morgan fingerprint density at radius 1 is 1.10 bits per heavy atom. The Balaban J connectivity index is 2.02. The number of hydrogen-bond acceptors (Lipinski definition) is 5. The lowest BCUT2D eigenvalue weighted by Crippen LogP contribution is -2.31. The maximum absolute atomic E-state index is 12.9. The van der Waals surface area contributed by atoms with E-state index >= 15 is 0 Å². The summed E-state index contributed by atoms with van der Waals surface area (Å²) in [5.41, 5.74) is 0.518. The Morgan fingerprint density at radius 3 is 2.33 bits per heavy atom. The Morgan fingerprint density at radius 2 is 1.73 bits per heavy atom. The smallest absolute Gasteiger partial charge is 0.340 e. The molecule has 2 aromatic carbocycles. The van der Waals surface area contributed by atoms with E-state index in [4.69, 9.17) is 16.3 Å². The first-order chi connectivity index (χ1) is 14.2. The summed E-state index contributed by atoms with van der Waals surface area (Å²) in [6, 6.07) is 9.30. The fourth-order valence-corrected chi connectivity index (χ4v) is 4.28. The summed E-state index contributed by atoms with van der Waals surface area (Å²) >= 11 is 6.02. The summed E-state index contributed by atoms with van der Waals surface area (Å²) in [6.07, 6.45) is 0. The van der Waals surface area contributed by atoms with Crippen molar-refractivity contribution in [2.24, 2.45) is 0 Å². The highest BCUT2D eigenvalue weighted by Crippen LogP contribution is 2.23. The number of ether oxygens (including phenoxy) is 1. The van der Waals surface area contributed by atoms with Gasteiger partial charge < -0.3 is 10.1 Å². The number of nitrogens with one attached hydrogen (secondary N) is 1. The molecule has 0 fully saturated rings. The second-order valence-corrected chi connectivity index (χ2v) is 8.56. The highest BCUT2D eigenvalue weighted by molar-refractivity contribution is 7.89. The molecule has 0 saturated heterocycles. The number of rotatable bonds is 9. The molecule has 0 aliphatic carbocycles. The SMILES string of the molecule is CCN(CC)S(=O)(=O)c1ccc(Cl)c(C(=O)OCC(=O)NCc2ccc(F)cc2)c1. The van der Waals surface area contributed by atoms with Gasteiger partial charge in [0.15, 0.2) is 6.61 Å². The van der Waals surface area contributed by atoms with Gasteiger partial charge in [-0.05, 0) is 35.9 Å². The number of halogens is 2. The molecule has 2 aromatic rings. The number of hydrogen-bond donors (Lipinski definition) is 1. The molecule has 162 valence electrons. The Bertz CT molecular complexity index is 1010. The van der Waals surface area contributed by atoms with Gasteiger partial charge in [0.2, 0.25) is 10.0 Å². The number of carbonyl (C=O) groups is 2. The maximum atomic E-state index is 12.9. The molecule has 0 bridgehead atoms. The maximum Gasteiger partial charge on any atom is 0.340 e. The van der Waals surface area contributed by atoms with E-state index in [-0.39, 0.29) is 40.9 Å². The first kappa shape index (κ1) is 23.8. The third kappa shape index (κ3) is 6.01. The van der Waals surface area contributed by atoms with Crippen LogP contribution in [-0.2, 0) is 26.1 Å². The van der Waals surface area contributed by atoms with Gasteiger partial charge in [0.25, 0.3) is 5.91 Å². The van der Waals surface area contributed by atoms with Gasteiger partial charge in [-0.1, -0.05) is 37.6 Å². The summed E-state index contributed by atoms with van der Waals surface area (Å²) in [5, 5.41) is 2.54. The van der Waals surface area contributed by atoms with Crippen LogP contribution < -0.4 is 5.32 Å². The summed E-state index contributed by atoms with van der Waals surface area (Å²) in [5.74, 6) is -1.88. The number of amides is 1. The van der Waals surface area contributed by atoms with Crippen molar-refractivity contribution >= 4 is 33.5 Å². The van der Waals surface area contributed by atoms with Crippen LogP contribution in [-0.4, -0.2) is 44.3 Å². The van der Waals surface area contributed by atoms with Gasteiger partial charge in [-0.3, -0.25) is 4.79 Å². The molecule has 1 N–H and O–H groups in total. The van der Waals surface area contributed by atoms with Crippen LogP contribution >= 0.6 is 11.6 Å². The zero-order valence-corrected chi connectivity index (χ0v) is 18.1. The van der Waals surface area contributed by atoms with Crippen LogP contribution in [0.4, 0.5) is 4.39 Å². The summed E-state index contributed by atoms with van der Waals surface area (Å²) in [4.78, 5) is 24.1. The summed E-state index contributed by atoms with van der Waals surface area (Å²) in [6.45, 7) is 3.51. The van der Waals surface area contributed by atoms with Crippen LogP contribution in [0.25, 0.3) is 0 Å². The second kappa shape index (κ2) is 10.5. The predicted molar refractivity (Wildman–Crippen MR) is 110 cm³/mol. The molecule has 0 unspecified atom stereocenters. The highest BCUT2D eigenvalue weighted by atomic mass is 35.5. The van der Waals surface area contributed by atoms with E-state index in [9.17, 15) is 22.4 Å². The molecule has 2 rings (SSSR count). The van der Waals surface area contributed by atoms with Crippen molar-refractivity contribution in [2.45, 2.75) is 25.3 Å². The second-order valence-electron chi connectivity index (χ2n) is 6.21. The number of esters is 1. The van der Waals surface area contributed by atoms with Crippen molar-refractivity contribution in [3.63, 3.8) is 0 Å². The minimum atomic E-state index is -3.79. The van der Waals surface area contributed by atoms with Crippen LogP contribution in [0.2, 0.25) is 5.02 Å². The van der Waals surface area contributed by atoms with Crippen LogP contribution in [0.15, 0.2) is 47.4 Å². The average Bonchev–Trinajstić information content (AvgIpc) is 2.72. The van der Waals surface area contributed by atoms with Gasteiger partial charge in [0.1, 0.15) is 5.82 Å². The molecule has 0 saturated carbocycles. The van der Waals surface area contributed by atoms with Crippen molar-refractivity contribution in [2.75, 3.05) is 19.7 Å². The zero-order valence-electron chi connectivity index (χ0n) is 16.5. The normalized spacial score (nSPS) is 11.4. The number of sulfonamides is 1. The fourth-order valence-electron chi connectivity index (χ4n) is 2.60. The third-order valence-electron chi connectivity index (χ3n) is 4.24. The van der Waals surface area contributed by atoms with E-state index in [1.165, 1.54) is 40.7 Å². The van der Waals surface area contributed by atoms with Gasteiger partial charge in [-0.25, -0.2) is 17.6 Å². The van der Waals surface area contributed by atoms with E-state index in [1.54, 1.807) is 13.8 Å². The van der Waals surface area contributed by atoms with E-state index in [2.05, 4.69) is 5.32 Å². The van der Waals surface area contributed by atoms with Crippen molar-refractivity contribution in [1.82, 2.24) is 9.62 Å². The number of nitrogens with zero attached hydrogens (tertiary/aromatic N) is 1. The molecule has 0 aliphatic rings. The average molecular weight is 457 g/mol.